The minimum absolute atomic E-state index is 0.156. The van der Waals surface area contributed by atoms with Gasteiger partial charge in [-0.05, 0) is 19.8 Å². The molecule has 0 aliphatic heterocycles. The Kier molecular flexibility index (Phi) is 10.2. The number of aliphatic carboxylic acids is 2. The largest absolute Gasteiger partial charge is 0.490 e. The molecule has 1 aliphatic carbocycles. The second kappa shape index (κ2) is 11.9. The van der Waals surface area contributed by atoms with Crippen molar-refractivity contribution in [3.8, 4) is 0 Å². The number of carbonyl (C=O) groups excluding carboxylic acids is 1. The monoisotopic (exact) mass is 455 g/mol. The van der Waals surface area contributed by atoms with Gasteiger partial charge in [0.05, 0.1) is 17.7 Å². The number of carbonyl (C=O) groups is 3. The lowest BCUT2D eigenvalue weighted by molar-refractivity contribution is -0.192. The molecular weight excluding hydrogens is 435 g/mol. The van der Waals surface area contributed by atoms with Crippen LogP contribution < -0.4 is 5.32 Å². The smallest absolute Gasteiger partial charge is 0.481 e. The van der Waals surface area contributed by atoms with Crippen LogP contribution in [0.1, 0.15) is 47.1 Å². The molecule has 0 saturated heterocycles. The summed E-state index contributed by atoms with van der Waals surface area (Å²) in [6.45, 7) is 2.37. The molecule has 0 atom stereocenters. The molecule has 162 valence electrons. The van der Waals surface area contributed by atoms with E-state index in [1.165, 1.54) is 10.8 Å². The molecule has 1 aliphatic rings. The lowest BCUT2D eigenvalue weighted by Crippen LogP contribution is -2.27. The maximum atomic E-state index is 12.1. The molecule has 1 saturated carbocycles. The minimum Gasteiger partial charge on any atom is -0.481 e. The predicted molar refractivity (Wildman–Crippen MR) is 102 cm³/mol. The van der Waals surface area contributed by atoms with E-state index in [0.717, 1.165) is 30.1 Å². The van der Waals surface area contributed by atoms with Gasteiger partial charge >= 0.3 is 18.1 Å². The Labute approximate surface area is 172 Å². The van der Waals surface area contributed by atoms with Gasteiger partial charge in [-0.25, -0.2) is 14.8 Å². The topological polar surface area (TPSA) is 129 Å². The van der Waals surface area contributed by atoms with Gasteiger partial charge in [0.25, 0.3) is 5.91 Å². The molecule has 1 aromatic rings. The summed E-state index contributed by atoms with van der Waals surface area (Å²) < 4.78 is 31.7. The first-order chi connectivity index (χ1) is 13.5. The first-order valence-corrected chi connectivity index (χ1v) is 10.9. The SMILES string of the molecule is Cc1nc(C2CC2)ncc1C(=O)NCCSSCCC(=O)O.O=C(O)C(F)(F)F. The number of rotatable bonds is 9. The number of hydrogen-bond donors (Lipinski definition) is 3. The van der Waals surface area contributed by atoms with Crippen LogP contribution in [-0.2, 0) is 9.59 Å². The normalized spacial score (nSPS) is 13.2. The van der Waals surface area contributed by atoms with E-state index in [9.17, 15) is 22.8 Å². The van der Waals surface area contributed by atoms with Crippen molar-refractivity contribution in [2.45, 2.75) is 38.3 Å². The fourth-order valence-electron chi connectivity index (χ4n) is 1.79. The van der Waals surface area contributed by atoms with Gasteiger partial charge in [-0.2, -0.15) is 13.2 Å². The van der Waals surface area contributed by atoms with Crippen molar-refractivity contribution in [2.75, 3.05) is 18.1 Å². The summed E-state index contributed by atoms with van der Waals surface area (Å²) in [6, 6.07) is 0. The summed E-state index contributed by atoms with van der Waals surface area (Å²) in [5, 5.41) is 18.5. The van der Waals surface area contributed by atoms with Gasteiger partial charge in [0, 0.05) is 30.2 Å². The number of alkyl halides is 3. The molecule has 1 aromatic heterocycles. The number of nitrogens with zero attached hydrogens (tertiary/aromatic N) is 2. The van der Waals surface area contributed by atoms with Gasteiger partial charge < -0.3 is 15.5 Å². The molecule has 0 aromatic carbocycles. The third-order valence-electron chi connectivity index (χ3n) is 3.38. The number of halogens is 3. The zero-order chi connectivity index (χ0) is 22.0. The molecule has 0 bridgehead atoms. The van der Waals surface area contributed by atoms with Crippen LogP contribution >= 0.6 is 21.6 Å². The van der Waals surface area contributed by atoms with Crippen LogP contribution in [0.4, 0.5) is 13.2 Å². The van der Waals surface area contributed by atoms with Gasteiger partial charge in [-0.3, -0.25) is 9.59 Å². The Morgan fingerprint density at radius 2 is 1.79 bits per heavy atom. The highest BCUT2D eigenvalue weighted by Gasteiger charge is 2.38. The van der Waals surface area contributed by atoms with Gasteiger partial charge in [0.1, 0.15) is 5.82 Å². The number of nitrogens with one attached hydrogen (secondary N) is 1. The summed E-state index contributed by atoms with van der Waals surface area (Å²) in [4.78, 5) is 40.0. The third-order valence-corrected chi connectivity index (χ3v) is 5.79. The van der Waals surface area contributed by atoms with Crippen LogP contribution in [0.5, 0.6) is 0 Å². The average molecular weight is 455 g/mol. The van der Waals surface area contributed by atoms with Crippen LogP contribution in [0.3, 0.4) is 0 Å². The molecule has 0 radical (unpaired) electrons. The van der Waals surface area contributed by atoms with Crippen molar-refractivity contribution in [1.29, 1.82) is 0 Å². The fourth-order valence-corrected chi connectivity index (χ4v) is 3.68. The Bertz CT molecular complexity index is 730. The van der Waals surface area contributed by atoms with Crippen molar-refractivity contribution >= 4 is 39.4 Å². The summed E-state index contributed by atoms with van der Waals surface area (Å²) >= 11 is 0. The summed E-state index contributed by atoms with van der Waals surface area (Å²) in [5.41, 5.74) is 1.24. The number of carboxylic acid groups (broad SMARTS) is 2. The minimum atomic E-state index is -5.08. The van der Waals surface area contributed by atoms with Crippen LogP contribution in [0.15, 0.2) is 6.20 Å². The van der Waals surface area contributed by atoms with Gasteiger partial charge in [0.2, 0.25) is 0 Å². The van der Waals surface area contributed by atoms with Crippen molar-refractivity contribution in [3.05, 3.63) is 23.3 Å². The molecule has 1 heterocycles. The molecule has 1 fully saturated rings. The van der Waals surface area contributed by atoms with Gasteiger partial charge in [-0.1, -0.05) is 21.6 Å². The van der Waals surface area contributed by atoms with Crippen LogP contribution in [-0.4, -0.2) is 62.3 Å². The van der Waals surface area contributed by atoms with Gasteiger partial charge in [-0.15, -0.1) is 0 Å². The highest BCUT2D eigenvalue weighted by molar-refractivity contribution is 8.76. The third kappa shape index (κ3) is 10.4. The molecule has 8 nitrogen and oxygen atoms in total. The molecular formula is C16H20F3N3O5S2. The van der Waals surface area contributed by atoms with Gasteiger partial charge in [0.15, 0.2) is 0 Å². The quantitative estimate of drug-likeness (QED) is 0.380. The molecule has 13 heteroatoms. The predicted octanol–water partition coefficient (Wildman–Crippen LogP) is 2.88. The highest BCUT2D eigenvalue weighted by atomic mass is 33.1. The maximum Gasteiger partial charge on any atom is 0.490 e. The second-order valence-electron chi connectivity index (χ2n) is 5.85. The van der Waals surface area contributed by atoms with Crippen molar-refractivity contribution in [3.63, 3.8) is 0 Å². The molecule has 0 spiro atoms. The lowest BCUT2D eigenvalue weighted by atomic mass is 10.2. The van der Waals surface area contributed by atoms with E-state index in [1.807, 2.05) is 6.92 Å². The van der Waals surface area contributed by atoms with Crippen LogP contribution in [0, 0.1) is 6.92 Å². The van der Waals surface area contributed by atoms with E-state index in [2.05, 4.69) is 15.3 Å². The Balaban J connectivity index is 0.000000516. The zero-order valence-electron chi connectivity index (χ0n) is 15.4. The summed E-state index contributed by atoms with van der Waals surface area (Å²) in [6.07, 6.45) is -1.03. The summed E-state index contributed by atoms with van der Waals surface area (Å²) in [5.74, 6) is -1.07. The van der Waals surface area contributed by atoms with Crippen molar-refractivity contribution in [1.82, 2.24) is 15.3 Å². The van der Waals surface area contributed by atoms with E-state index in [4.69, 9.17) is 15.0 Å². The first kappa shape index (κ1) is 25.0. The molecule has 2 rings (SSSR count). The van der Waals surface area contributed by atoms with E-state index in [0.29, 0.717) is 23.8 Å². The second-order valence-corrected chi connectivity index (χ2v) is 8.55. The van der Waals surface area contributed by atoms with Crippen LogP contribution in [0.25, 0.3) is 0 Å². The van der Waals surface area contributed by atoms with Crippen molar-refractivity contribution < 1.29 is 37.8 Å². The van der Waals surface area contributed by atoms with E-state index < -0.39 is 18.1 Å². The first-order valence-electron chi connectivity index (χ1n) is 8.40. The molecule has 1 amide bonds. The zero-order valence-corrected chi connectivity index (χ0v) is 17.0. The standard InChI is InChI=1S/C14H19N3O3S2.C2HF3O2/c1-9-11(8-16-13(17-9)10-2-3-10)14(20)15-5-7-22-21-6-4-12(18)19;3-2(4,5)1(6)7/h8,10H,2-7H2,1H3,(H,15,20)(H,18,19);(H,6,7). The van der Waals surface area contributed by atoms with E-state index in [1.54, 1.807) is 17.0 Å². The number of amides is 1. The number of aryl methyl sites for hydroxylation is 1. The molecule has 3 N–H and O–H groups in total. The Morgan fingerprint density at radius 3 is 2.28 bits per heavy atom. The number of carboxylic acids is 2. The Hall–Kier alpha value is -2.02. The van der Waals surface area contributed by atoms with E-state index in [-0.39, 0.29) is 12.3 Å². The highest BCUT2D eigenvalue weighted by Crippen LogP contribution is 2.37. The van der Waals surface area contributed by atoms with E-state index >= 15 is 0 Å². The maximum absolute atomic E-state index is 12.1. The van der Waals surface area contributed by atoms with Crippen LogP contribution in [0.2, 0.25) is 0 Å². The lowest BCUT2D eigenvalue weighted by Gasteiger charge is -2.07. The fraction of sp³-hybridized carbons (Fsp3) is 0.562. The molecule has 29 heavy (non-hydrogen) atoms. The summed E-state index contributed by atoms with van der Waals surface area (Å²) in [7, 11) is 3.06. The number of hydrogen-bond acceptors (Lipinski definition) is 7. The van der Waals surface area contributed by atoms with Crippen molar-refractivity contribution in [2.24, 2.45) is 0 Å². The number of aromatic nitrogens is 2. The molecule has 0 unspecified atom stereocenters. The average Bonchev–Trinajstić information content (AvgIpc) is 3.45. The Morgan fingerprint density at radius 1 is 1.21 bits per heavy atom.